The van der Waals surface area contributed by atoms with Gasteiger partial charge < -0.3 is 14.4 Å². The number of carbonyl (C=O) groups is 1. The Morgan fingerprint density at radius 2 is 1.92 bits per heavy atom. The van der Waals surface area contributed by atoms with E-state index >= 15 is 0 Å². The molecule has 1 N–H and O–H groups in total. The zero-order chi connectivity index (χ0) is 18.0. The lowest BCUT2D eigenvalue weighted by Crippen LogP contribution is -2.18. The Balaban J connectivity index is 2.18. The molecule has 0 spiro atoms. The predicted octanol–water partition coefficient (Wildman–Crippen LogP) is 3.34. The van der Waals surface area contributed by atoms with E-state index in [0.717, 1.165) is 11.1 Å². The lowest BCUT2D eigenvalue weighted by atomic mass is 10.1. The molecular formula is C19H16ClNO4. The maximum atomic E-state index is 12.6. The summed E-state index contributed by atoms with van der Waals surface area (Å²) >= 11 is 5.92. The maximum absolute atomic E-state index is 12.6. The van der Waals surface area contributed by atoms with Gasteiger partial charge in [0.2, 0.25) is 0 Å². The molecule has 0 saturated carbocycles. The molecule has 0 unspecified atom stereocenters. The van der Waals surface area contributed by atoms with Crippen molar-refractivity contribution in [1.29, 1.82) is 0 Å². The third kappa shape index (κ3) is 3.67. The number of carboxylic acid groups (broad SMARTS) is 1. The maximum Gasteiger partial charge on any atom is 0.308 e. The fourth-order valence-corrected chi connectivity index (χ4v) is 2.90. The number of benzene rings is 2. The molecule has 0 fully saturated rings. The number of pyridine rings is 1. The lowest BCUT2D eigenvalue weighted by molar-refractivity contribution is -0.136. The van der Waals surface area contributed by atoms with Crippen molar-refractivity contribution in [3.8, 4) is 5.75 Å². The topological polar surface area (TPSA) is 68.5 Å². The monoisotopic (exact) mass is 357 g/mol. The van der Waals surface area contributed by atoms with Gasteiger partial charge in [0.1, 0.15) is 5.75 Å². The van der Waals surface area contributed by atoms with Crippen LogP contribution in [-0.2, 0) is 17.8 Å². The molecule has 0 aliphatic heterocycles. The van der Waals surface area contributed by atoms with Crippen molar-refractivity contribution in [2.45, 2.75) is 13.0 Å². The normalized spacial score (nSPS) is 10.8. The highest BCUT2D eigenvalue weighted by molar-refractivity contribution is 6.30. The van der Waals surface area contributed by atoms with E-state index in [1.165, 1.54) is 7.11 Å². The number of carboxylic acids is 1. The predicted molar refractivity (Wildman–Crippen MR) is 96.7 cm³/mol. The summed E-state index contributed by atoms with van der Waals surface area (Å²) in [6.07, 6.45) is 1.28. The van der Waals surface area contributed by atoms with Crippen LogP contribution >= 0.6 is 11.6 Å². The summed E-state index contributed by atoms with van der Waals surface area (Å²) in [6.45, 7) is 0.493. The highest BCUT2D eigenvalue weighted by Gasteiger charge is 2.13. The Bertz CT molecular complexity index is 993. The molecule has 5 nitrogen and oxygen atoms in total. The molecule has 25 heavy (non-hydrogen) atoms. The van der Waals surface area contributed by atoms with Crippen LogP contribution in [0.1, 0.15) is 11.1 Å². The third-order valence-electron chi connectivity index (χ3n) is 3.97. The van der Waals surface area contributed by atoms with Crippen molar-refractivity contribution in [1.82, 2.24) is 4.57 Å². The van der Waals surface area contributed by atoms with Crippen molar-refractivity contribution < 1.29 is 14.6 Å². The minimum absolute atomic E-state index is 0.238. The second-order valence-corrected chi connectivity index (χ2v) is 6.13. The van der Waals surface area contributed by atoms with Crippen molar-refractivity contribution in [3.05, 3.63) is 75.0 Å². The fraction of sp³-hybridized carbons (Fsp3) is 0.158. The van der Waals surface area contributed by atoms with E-state index in [-0.39, 0.29) is 17.4 Å². The SMILES string of the molecule is COc1ccc2c(c1)c(=O)c(CC(=O)O)cn2Cc1ccc(Cl)cc1. The summed E-state index contributed by atoms with van der Waals surface area (Å²) in [7, 11) is 1.52. The van der Waals surface area contributed by atoms with E-state index < -0.39 is 5.97 Å². The molecule has 128 valence electrons. The van der Waals surface area contributed by atoms with Crippen LogP contribution in [0.4, 0.5) is 0 Å². The van der Waals surface area contributed by atoms with Crippen molar-refractivity contribution in [3.63, 3.8) is 0 Å². The number of ether oxygens (including phenoxy) is 1. The number of aromatic nitrogens is 1. The molecule has 0 saturated heterocycles. The van der Waals surface area contributed by atoms with Gasteiger partial charge in [0.05, 0.1) is 19.0 Å². The van der Waals surface area contributed by atoms with Gasteiger partial charge in [0.15, 0.2) is 5.43 Å². The summed E-state index contributed by atoms with van der Waals surface area (Å²) in [5.41, 5.74) is 1.66. The van der Waals surface area contributed by atoms with E-state index in [2.05, 4.69) is 0 Å². The van der Waals surface area contributed by atoms with Crippen LogP contribution < -0.4 is 10.2 Å². The van der Waals surface area contributed by atoms with E-state index in [4.69, 9.17) is 21.4 Å². The van der Waals surface area contributed by atoms with Gasteiger partial charge in [-0.05, 0) is 35.9 Å². The first kappa shape index (κ1) is 17.0. The molecule has 6 heteroatoms. The Morgan fingerprint density at radius 3 is 2.56 bits per heavy atom. The van der Waals surface area contributed by atoms with E-state index in [1.54, 1.807) is 36.5 Å². The molecule has 1 heterocycles. The number of hydrogen-bond donors (Lipinski definition) is 1. The number of aliphatic carboxylic acids is 1. The highest BCUT2D eigenvalue weighted by Crippen LogP contribution is 2.21. The summed E-state index contributed by atoms with van der Waals surface area (Å²) in [5, 5.41) is 10.2. The van der Waals surface area contributed by atoms with Gasteiger partial charge >= 0.3 is 5.97 Å². The molecule has 3 aromatic rings. The number of halogens is 1. The number of hydrogen-bond acceptors (Lipinski definition) is 3. The molecule has 0 radical (unpaired) electrons. The first-order valence-electron chi connectivity index (χ1n) is 7.64. The van der Waals surface area contributed by atoms with Crippen LogP contribution in [0.5, 0.6) is 5.75 Å². The highest BCUT2D eigenvalue weighted by atomic mass is 35.5. The Kier molecular flexibility index (Phi) is 4.76. The molecule has 0 bridgehead atoms. The van der Waals surface area contributed by atoms with Crippen LogP contribution in [0.3, 0.4) is 0 Å². The quantitative estimate of drug-likeness (QED) is 0.760. The molecular weight excluding hydrogens is 342 g/mol. The fourth-order valence-electron chi connectivity index (χ4n) is 2.77. The Hall–Kier alpha value is -2.79. The third-order valence-corrected chi connectivity index (χ3v) is 4.22. The van der Waals surface area contributed by atoms with Gasteiger partial charge in [-0.2, -0.15) is 0 Å². The van der Waals surface area contributed by atoms with Gasteiger partial charge in [-0.25, -0.2) is 0 Å². The molecule has 0 aliphatic carbocycles. The summed E-state index contributed by atoms with van der Waals surface area (Å²) < 4.78 is 7.06. The van der Waals surface area contributed by atoms with Gasteiger partial charge in [-0.15, -0.1) is 0 Å². The minimum Gasteiger partial charge on any atom is -0.497 e. The smallest absolute Gasteiger partial charge is 0.308 e. The molecule has 1 aromatic heterocycles. The van der Waals surface area contributed by atoms with Gasteiger partial charge in [0, 0.05) is 28.7 Å². The molecule has 0 amide bonds. The van der Waals surface area contributed by atoms with Crippen LogP contribution in [0, 0.1) is 0 Å². The van der Waals surface area contributed by atoms with Crippen LogP contribution in [0.25, 0.3) is 10.9 Å². The van der Waals surface area contributed by atoms with E-state index in [9.17, 15) is 9.59 Å². The molecule has 3 rings (SSSR count). The average Bonchev–Trinajstić information content (AvgIpc) is 2.60. The molecule has 2 aromatic carbocycles. The zero-order valence-corrected chi connectivity index (χ0v) is 14.3. The summed E-state index contributed by atoms with van der Waals surface area (Å²) in [6, 6.07) is 12.6. The summed E-state index contributed by atoms with van der Waals surface area (Å²) in [4.78, 5) is 23.7. The van der Waals surface area contributed by atoms with Crippen LogP contribution in [0.15, 0.2) is 53.5 Å². The second kappa shape index (κ2) is 6.99. The first-order chi connectivity index (χ1) is 12.0. The second-order valence-electron chi connectivity index (χ2n) is 5.69. The van der Waals surface area contributed by atoms with Crippen LogP contribution in [0.2, 0.25) is 5.02 Å². The van der Waals surface area contributed by atoms with Gasteiger partial charge in [-0.3, -0.25) is 9.59 Å². The Labute approximate surface area is 149 Å². The van der Waals surface area contributed by atoms with Crippen LogP contribution in [-0.4, -0.2) is 22.8 Å². The largest absolute Gasteiger partial charge is 0.497 e. The molecule has 0 atom stereocenters. The van der Waals surface area contributed by atoms with Crippen molar-refractivity contribution in [2.75, 3.05) is 7.11 Å². The number of methoxy groups -OCH3 is 1. The number of nitrogens with zero attached hydrogens (tertiary/aromatic N) is 1. The zero-order valence-electron chi connectivity index (χ0n) is 13.5. The summed E-state index contributed by atoms with van der Waals surface area (Å²) in [5.74, 6) is -0.493. The standard InChI is InChI=1S/C19H16ClNO4/c1-25-15-6-7-17-16(9-15)19(24)13(8-18(22)23)11-21(17)10-12-2-4-14(20)5-3-12/h2-7,9,11H,8,10H2,1H3,(H,22,23). The average molecular weight is 358 g/mol. The van der Waals surface area contributed by atoms with Gasteiger partial charge in [0.25, 0.3) is 0 Å². The minimum atomic E-state index is -1.04. The van der Waals surface area contributed by atoms with Crippen molar-refractivity contribution in [2.24, 2.45) is 0 Å². The lowest BCUT2D eigenvalue weighted by Gasteiger charge is -2.14. The van der Waals surface area contributed by atoms with E-state index in [0.29, 0.717) is 22.7 Å². The Morgan fingerprint density at radius 1 is 1.20 bits per heavy atom. The van der Waals surface area contributed by atoms with E-state index in [1.807, 2.05) is 16.7 Å². The number of rotatable bonds is 5. The first-order valence-corrected chi connectivity index (χ1v) is 8.02. The molecule has 0 aliphatic rings. The number of fused-ring (bicyclic) bond motifs is 1. The van der Waals surface area contributed by atoms with Crippen molar-refractivity contribution >= 4 is 28.5 Å². The van der Waals surface area contributed by atoms with Gasteiger partial charge in [-0.1, -0.05) is 23.7 Å².